The van der Waals surface area contributed by atoms with E-state index in [0.29, 0.717) is 12.5 Å². The molecule has 20 heavy (non-hydrogen) atoms. The Morgan fingerprint density at radius 2 is 1.75 bits per heavy atom. The smallest absolute Gasteiger partial charge is 0.790 e. The normalized spacial score (nSPS) is 14.1. The molecule has 2 unspecified atom stereocenters. The Kier molecular flexibility index (Phi) is 24.1. The first kappa shape index (κ1) is 28.1. The third kappa shape index (κ3) is 19.3. The molecule has 0 spiro atoms. The van der Waals surface area contributed by atoms with Crippen LogP contribution in [-0.2, 0) is 13.8 Å². The summed E-state index contributed by atoms with van der Waals surface area (Å²) in [7, 11) is -5.01. The molecule has 0 aromatic rings. The molecule has 0 bridgehead atoms. The Hall–Kier alpha value is 3.30. The maximum atomic E-state index is 10.2. The van der Waals surface area contributed by atoms with Gasteiger partial charge in [-0.2, -0.15) is 0 Å². The number of phosphoric acid groups is 1. The Labute approximate surface area is 206 Å². The van der Waals surface area contributed by atoms with Gasteiger partial charge in [0.1, 0.15) is 6.10 Å². The molecule has 0 aliphatic rings. The third-order valence-corrected chi connectivity index (χ3v) is 3.10. The molecule has 6 nitrogen and oxygen atoms in total. The van der Waals surface area contributed by atoms with Gasteiger partial charge >= 0.3 is 103 Å². The van der Waals surface area contributed by atoms with Crippen molar-refractivity contribution in [2.75, 3.05) is 19.8 Å². The number of hydrogen-bond acceptors (Lipinski definition) is 6. The molecule has 0 aromatic carbocycles. The van der Waals surface area contributed by atoms with E-state index in [1.165, 1.54) is 0 Å². The summed E-state index contributed by atoms with van der Waals surface area (Å²) in [5, 5.41) is 9.33. The second-order valence-electron chi connectivity index (χ2n) is 4.35. The van der Waals surface area contributed by atoms with Crippen molar-refractivity contribution in [1.29, 1.82) is 0 Å². The van der Waals surface area contributed by atoms with E-state index in [-0.39, 0.29) is 109 Å². The van der Waals surface area contributed by atoms with Crippen molar-refractivity contribution in [2.45, 2.75) is 45.6 Å². The van der Waals surface area contributed by atoms with Gasteiger partial charge in [0.2, 0.25) is 0 Å². The van der Waals surface area contributed by atoms with Crippen LogP contribution in [0.1, 0.15) is 39.5 Å². The van der Waals surface area contributed by atoms with Crippen LogP contribution in [0.2, 0.25) is 0 Å². The molecule has 0 aliphatic carbocycles. The average molecular weight is 360 g/mol. The fraction of sp³-hybridized carbons (Fsp3) is 1.00. The van der Waals surface area contributed by atoms with Crippen molar-refractivity contribution in [3.8, 4) is 0 Å². The van der Waals surface area contributed by atoms with Crippen LogP contribution in [0.3, 0.4) is 0 Å². The van der Waals surface area contributed by atoms with Crippen LogP contribution in [-0.4, -0.2) is 31.0 Å². The van der Waals surface area contributed by atoms with Crippen molar-refractivity contribution >= 4 is 7.82 Å². The predicted molar refractivity (Wildman–Crippen MR) is 63.7 cm³/mol. The zero-order valence-electron chi connectivity index (χ0n) is 13.0. The van der Waals surface area contributed by atoms with Crippen LogP contribution in [0, 0.1) is 5.92 Å². The van der Waals surface area contributed by atoms with Gasteiger partial charge in [-0.05, 0) is 12.3 Å². The summed E-state index contributed by atoms with van der Waals surface area (Å²) < 4.78 is 19.4. The molecule has 0 heterocycles. The molecule has 1 N–H and O–H groups in total. The van der Waals surface area contributed by atoms with Crippen LogP contribution in [0.5, 0.6) is 0 Å². The first-order chi connectivity index (χ1) is 8.39. The van der Waals surface area contributed by atoms with Crippen LogP contribution in [0.4, 0.5) is 0 Å². The van der Waals surface area contributed by atoms with Gasteiger partial charge in [0, 0.05) is 6.61 Å². The fourth-order valence-electron chi connectivity index (χ4n) is 1.49. The number of aliphatic hydroxyl groups is 1. The number of unbranched alkanes of at least 4 members (excludes halogenated alkanes) is 1. The van der Waals surface area contributed by atoms with Crippen LogP contribution in [0.25, 0.3) is 0 Å². The summed E-state index contributed by atoms with van der Waals surface area (Å²) >= 11 is 0. The van der Waals surface area contributed by atoms with E-state index < -0.39 is 20.5 Å². The van der Waals surface area contributed by atoms with Gasteiger partial charge in [-0.25, -0.2) is 0 Å². The van der Waals surface area contributed by atoms with Crippen molar-refractivity contribution in [3.63, 3.8) is 0 Å². The molecule has 0 saturated carbocycles. The van der Waals surface area contributed by atoms with E-state index in [9.17, 15) is 19.5 Å². The number of phosphoric ester groups is 1. The van der Waals surface area contributed by atoms with Gasteiger partial charge in [0.05, 0.1) is 21.0 Å². The minimum absolute atomic E-state index is 0. The SMILES string of the molecule is CCCCC(CC)COCC(O)COP(=O)([O-])[O-].[K+].[K+]. The van der Waals surface area contributed by atoms with Crippen molar-refractivity contribution in [3.05, 3.63) is 0 Å². The van der Waals surface area contributed by atoms with Gasteiger partial charge < -0.3 is 28.7 Å². The predicted octanol–water partition coefficient (Wildman–Crippen LogP) is -5.57. The summed E-state index contributed by atoms with van der Waals surface area (Å²) in [6, 6.07) is 0. The molecule has 9 heteroatoms. The molecular formula is C11H23K2O6P. The van der Waals surface area contributed by atoms with Crippen molar-refractivity contribution in [1.82, 2.24) is 0 Å². The van der Waals surface area contributed by atoms with E-state index in [2.05, 4.69) is 18.4 Å². The topological polar surface area (TPSA) is 102 Å². The maximum absolute atomic E-state index is 10.2. The van der Waals surface area contributed by atoms with Crippen molar-refractivity contribution in [2.24, 2.45) is 5.92 Å². The summed E-state index contributed by atoms with van der Waals surface area (Å²) in [4.78, 5) is 20.4. The molecule has 0 aromatic heterocycles. The summed E-state index contributed by atoms with van der Waals surface area (Å²) in [5.41, 5.74) is 0. The second-order valence-corrected chi connectivity index (χ2v) is 5.50. The Balaban J connectivity index is -0.00000144. The number of hydrogen-bond donors (Lipinski definition) is 1. The van der Waals surface area contributed by atoms with E-state index in [0.717, 1.165) is 25.7 Å². The van der Waals surface area contributed by atoms with Crippen LogP contribution in [0.15, 0.2) is 0 Å². The molecule has 0 rings (SSSR count). The number of rotatable bonds is 11. The molecule has 0 aliphatic heterocycles. The van der Waals surface area contributed by atoms with E-state index in [1.54, 1.807) is 0 Å². The van der Waals surface area contributed by atoms with Crippen molar-refractivity contribution < 1.29 is 131 Å². The molecule has 0 radical (unpaired) electrons. The van der Waals surface area contributed by atoms with Gasteiger partial charge in [-0.1, -0.05) is 33.1 Å². The van der Waals surface area contributed by atoms with Gasteiger partial charge in [-0.3, -0.25) is 0 Å². The molecule has 0 fully saturated rings. The zero-order chi connectivity index (χ0) is 14.0. The minimum atomic E-state index is -5.01. The molecule has 0 saturated heterocycles. The molecule has 0 amide bonds. The van der Waals surface area contributed by atoms with Gasteiger partial charge in [0.15, 0.2) is 0 Å². The van der Waals surface area contributed by atoms with E-state index in [1.807, 2.05) is 0 Å². The first-order valence-corrected chi connectivity index (χ1v) is 7.77. The Morgan fingerprint density at radius 3 is 2.20 bits per heavy atom. The third-order valence-electron chi connectivity index (χ3n) is 2.63. The quantitative estimate of drug-likeness (QED) is 0.291. The molecular weight excluding hydrogens is 337 g/mol. The van der Waals surface area contributed by atoms with Gasteiger partial charge in [0.25, 0.3) is 0 Å². The average Bonchev–Trinajstić information content (AvgIpc) is 2.30. The largest absolute Gasteiger partial charge is 1.00 e. The van der Waals surface area contributed by atoms with Gasteiger partial charge in [-0.15, -0.1) is 0 Å². The standard InChI is InChI=1S/C11H25O6P.2K/c1-3-5-6-10(4-2)7-16-8-11(12)9-17-18(13,14)15;;/h10-12H,3-9H2,1-2H3,(H2,13,14,15);;/q;2*+1/p-2. The summed E-state index contributed by atoms with van der Waals surface area (Å²) in [5.74, 6) is 0.447. The fourth-order valence-corrected chi connectivity index (χ4v) is 1.85. The molecule has 110 valence electrons. The summed E-state index contributed by atoms with van der Waals surface area (Å²) in [6.45, 7) is 4.16. The minimum Gasteiger partial charge on any atom is -0.790 e. The zero-order valence-corrected chi connectivity index (χ0v) is 20.2. The number of aliphatic hydroxyl groups excluding tert-OH is 1. The maximum Gasteiger partial charge on any atom is 1.00 e. The molecule has 2 atom stereocenters. The summed E-state index contributed by atoms with van der Waals surface area (Å²) in [6.07, 6.45) is 3.27. The number of ether oxygens (including phenoxy) is 1. The Morgan fingerprint density at radius 1 is 1.15 bits per heavy atom. The first-order valence-electron chi connectivity index (χ1n) is 6.31. The van der Waals surface area contributed by atoms with Crippen LogP contribution < -0.4 is 113 Å². The second kappa shape index (κ2) is 17.1. The van der Waals surface area contributed by atoms with Crippen LogP contribution >= 0.6 is 7.82 Å². The Bertz CT molecular complexity index is 251. The van der Waals surface area contributed by atoms with E-state index >= 15 is 0 Å². The monoisotopic (exact) mass is 360 g/mol. The van der Waals surface area contributed by atoms with E-state index in [4.69, 9.17) is 4.74 Å².